The van der Waals surface area contributed by atoms with Crippen LogP contribution in [0.4, 0.5) is 0 Å². The zero-order valence-corrected chi connectivity index (χ0v) is 12.5. The maximum absolute atomic E-state index is 3.53. The Balaban J connectivity index is 1.95. The van der Waals surface area contributed by atoms with Crippen LogP contribution in [-0.2, 0) is 0 Å². The maximum Gasteiger partial charge on any atom is 0.00953 e. The Labute approximate surface area is 114 Å². The zero-order chi connectivity index (χ0) is 12.8. The van der Waals surface area contributed by atoms with Crippen molar-refractivity contribution in [1.29, 1.82) is 0 Å². The molecule has 2 fully saturated rings. The van der Waals surface area contributed by atoms with Crippen molar-refractivity contribution < 1.29 is 0 Å². The van der Waals surface area contributed by atoms with Gasteiger partial charge in [0.15, 0.2) is 0 Å². The molecule has 0 aromatic heterocycles. The van der Waals surface area contributed by atoms with Gasteiger partial charge in [0.05, 0.1) is 0 Å². The Morgan fingerprint density at radius 3 is 2.61 bits per heavy atom. The highest BCUT2D eigenvalue weighted by atomic mass is 15.2. The van der Waals surface area contributed by atoms with Crippen molar-refractivity contribution in [2.24, 2.45) is 5.41 Å². The van der Waals surface area contributed by atoms with Gasteiger partial charge in [-0.2, -0.15) is 0 Å². The van der Waals surface area contributed by atoms with E-state index in [4.69, 9.17) is 0 Å². The predicted molar refractivity (Wildman–Crippen MR) is 78.9 cm³/mol. The molecule has 0 spiro atoms. The van der Waals surface area contributed by atoms with Crippen molar-refractivity contribution in [2.45, 2.75) is 71.3 Å². The lowest BCUT2D eigenvalue weighted by Gasteiger charge is -2.45. The van der Waals surface area contributed by atoms with Crippen LogP contribution in [0, 0.1) is 5.41 Å². The highest BCUT2D eigenvalue weighted by Gasteiger charge is 2.34. The van der Waals surface area contributed by atoms with Crippen LogP contribution in [0.2, 0.25) is 0 Å². The molecule has 2 rings (SSSR count). The number of likely N-dealkylation sites (tertiary alicyclic amines) is 1. The smallest absolute Gasteiger partial charge is 0.00953 e. The largest absolute Gasteiger partial charge is 0.317 e. The number of rotatable bonds is 5. The Morgan fingerprint density at radius 2 is 1.94 bits per heavy atom. The highest BCUT2D eigenvalue weighted by Crippen LogP contribution is 2.35. The van der Waals surface area contributed by atoms with E-state index in [1.54, 1.807) is 0 Å². The molecule has 106 valence electrons. The van der Waals surface area contributed by atoms with E-state index < -0.39 is 0 Å². The van der Waals surface area contributed by atoms with Gasteiger partial charge in [-0.05, 0) is 63.6 Å². The lowest BCUT2D eigenvalue weighted by Crippen LogP contribution is -2.49. The number of hydrogen-bond acceptors (Lipinski definition) is 2. The topological polar surface area (TPSA) is 15.3 Å². The van der Waals surface area contributed by atoms with Crippen molar-refractivity contribution in [3.05, 3.63) is 0 Å². The number of nitrogens with zero attached hydrogens (tertiary/aromatic N) is 1. The molecule has 0 aromatic rings. The van der Waals surface area contributed by atoms with Gasteiger partial charge in [0.2, 0.25) is 0 Å². The van der Waals surface area contributed by atoms with E-state index in [9.17, 15) is 0 Å². The first-order chi connectivity index (χ1) is 8.79. The van der Waals surface area contributed by atoms with Crippen LogP contribution in [0.1, 0.15) is 65.2 Å². The average Bonchev–Trinajstić information content (AvgIpc) is 2.42. The molecule has 2 aliphatic rings. The molecule has 1 N–H and O–H groups in total. The van der Waals surface area contributed by atoms with Gasteiger partial charge >= 0.3 is 0 Å². The first-order valence-corrected chi connectivity index (χ1v) is 8.24. The molecular formula is C16H32N2. The van der Waals surface area contributed by atoms with E-state index in [-0.39, 0.29) is 0 Å². The molecule has 0 aromatic carbocycles. The quantitative estimate of drug-likeness (QED) is 0.806. The van der Waals surface area contributed by atoms with E-state index in [0.29, 0.717) is 5.41 Å². The molecule has 2 aliphatic heterocycles. The van der Waals surface area contributed by atoms with Crippen molar-refractivity contribution in [3.8, 4) is 0 Å². The van der Waals surface area contributed by atoms with E-state index in [1.807, 2.05) is 0 Å². The molecular weight excluding hydrogens is 220 g/mol. The predicted octanol–water partition coefficient (Wildman–Crippen LogP) is 3.42. The summed E-state index contributed by atoms with van der Waals surface area (Å²) in [5.74, 6) is 0. The van der Waals surface area contributed by atoms with Gasteiger partial charge in [0.25, 0.3) is 0 Å². The van der Waals surface area contributed by atoms with Crippen molar-refractivity contribution in [3.63, 3.8) is 0 Å². The second-order valence-electron chi connectivity index (χ2n) is 6.51. The third-order valence-corrected chi connectivity index (χ3v) is 5.32. The van der Waals surface area contributed by atoms with E-state index >= 15 is 0 Å². The van der Waals surface area contributed by atoms with Crippen LogP contribution < -0.4 is 5.32 Å². The van der Waals surface area contributed by atoms with Gasteiger partial charge in [0.1, 0.15) is 0 Å². The lowest BCUT2D eigenvalue weighted by molar-refractivity contribution is 0.0533. The summed E-state index contributed by atoms with van der Waals surface area (Å²) < 4.78 is 0. The highest BCUT2D eigenvalue weighted by molar-refractivity contribution is 4.89. The summed E-state index contributed by atoms with van der Waals surface area (Å²) in [4.78, 5) is 2.85. The summed E-state index contributed by atoms with van der Waals surface area (Å²) >= 11 is 0. The summed E-state index contributed by atoms with van der Waals surface area (Å²) in [5.41, 5.74) is 0.620. The summed E-state index contributed by atoms with van der Waals surface area (Å²) in [7, 11) is 0. The first-order valence-electron chi connectivity index (χ1n) is 8.24. The van der Waals surface area contributed by atoms with Gasteiger partial charge in [-0.1, -0.05) is 26.7 Å². The number of piperidine rings is 2. The molecule has 0 aliphatic carbocycles. The fourth-order valence-electron chi connectivity index (χ4n) is 3.94. The minimum atomic E-state index is 0.620. The minimum absolute atomic E-state index is 0.620. The Kier molecular flexibility index (Phi) is 5.50. The third kappa shape index (κ3) is 3.48. The van der Waals surface area contributed by atoms with E-state index in [2.05, 4.69) is 24.1 Å². The molecule has 0 amide bonds. The normalized spacial score (nSPS) is 29.3. The molecule has 2 heteroatoms. The number of nitrogens with one attached hydrogen (secondary N) is 1. The van der Waals surface area contributed by atoms with Crippen molar-refractivity contribution >= 4 is 0 Å². The third-order valence-electron chi connectivity index (χ3n) is 5.32. The second-order valence-corrected chi connectivity index (χ2v) is 6.51. The molecule has 18 heavy (non-hydrogen) atoms. The van der Waals surface area contributed by atoms with Gasteiger partial charge < -0.3 is 5.32 Å². The lowest BCUT2D eigenvalue weighted by atomic mass is 9.75. The maximum atomic E-state index is 3.53. The Morgan fingerprint density at radius 1 is 1.17 bits per heavy atom. The monoisotopic (exact) mass is 252 g/mol. The SMILES string of the molecule is CCCC1CCCCN1CC1(CC)CCNCC1. The molecule has 0 bridgehead atoms. The standard InChI is InChI=1S/C16H32N2/c1-3-7-15-8-5-6-13-18(15)14-16(4-2)9-11-17-12-10-16/h15,17H,3-14H2,1-2H3. The van der Waals surface area contributed by atoms with Crippen LogP contribution in [0.15, 0.2) is 0 Å². The molecule has 2 nitrogen and oxygen atoms in total. The molecule has 2 heterocycles. The van der Waals surface area contributed by atoms with Crippen molar-refractivity contribution in [2.75, 3.05) is 26.2 Å². The summed E-state index contributed by atoms with van der Waals surface area (Å²) in [6.45, 7) is 9.95. The summed E-state index contributed by atoms with van der Waals surface area (Å²) in [6.07, 6.45) is 11.2. The fourth-order valence-corrected chi connectivity index (χ4v) is 3.94. The Bertz CT molecular complexity index is 231. The average molecular weight is 252 g/mol. The van der Waals surface area contributed by atoms with Crippen LogP contribution in [0.3, 0.4) is 0 Å². The fraction of sp³-hybridized carbons (Fsp3) is 1.00. The van der Waals surface area contributed by atoms with Gasteiger partial charge in [-0.25, -0.2) is 0 Å². The zero-order valence-electron chi connectivity index (χ0n) is 12.5. The second kappa shape index (κ2) is 6.91. The molecule has 0 radical (unpaired) electrons. The van der Waals surface area contributed by atoms with Gasteiger partial charge in [-0.3, -0.25) is 4.90 Å². The molecule has 1 atom stereocenters. The van der Waals surface area contributed by atoms with Crippen molar-refractivity contribution in [1.82, 2.24) is 10.2 Å². The van der Waals surface area contributed by atoms with E-state index in [0.717, 1.165) is 6.04 Å². The van der Waals surface area contributed by atoms with E-state index in [1.165, 1.54) is 77.5 Å². The van der Waals surface area contributed by atoms with Crippen LogP contribution in [0.5, 0.6) is 0 Å². The number of hydrogen-bond donors (Lipinski definition) is 1. The summed E-state index contributed by atoms with van der Waals surface area (Å²) in [6, 6.07) is 0.891. The van der Waals surface area contributed by atoms with Crippen LogP contribution in [0.25, 0.3) is 0 Å². The molecule has 1 unspecified atom stereocenters. The molecule has 2 saturated heterocycles. The minimum Gasteiger partial charge on any atom is -0.317 e. The van der Waals surface area contributed by atoms with Gasteiger partial charge in [0, 0.05) is 12.6 Å². The van der Waals surface area contributed by atoms with Gasteiger partial charge in [-0.15, -0.1) is 0 Å². The van der Waals surface area contributed by atoms with Crippen LogP contribution in [-0.4, -0.2) is 37.1 Å². The summed E-state index contributed by atoms with van der Waals surface area (Å²) in [5, 5.41) is 3.53. The first kappa shape index (κ1) is 14.3. The Hall–Kier alpha value is -0.0800. The molecule has 0 saturated carbocycles. The van der Waals surface area contributed by atoms with Crippen LogP contribution >= 0.6 is 0 Å².